The highest BCUT2D eigenvalue weighted by molar-refractivity contribution is 5.88. The Balaban J connectivity index is 1.57. The molecule has 0 aliphatic heterocycles. The smallest absolute Gasteiger partial charge is 0.0271 e. The van der Waals surface area contributed by atoms with E-state index < -0.39 is 0 Å². The van der Waals surface area contributed by atoms with E-state index in [0.29, 0.717) is 0 Å². The third-order valence-electron chi connectivity index (χ3n) is 8.16. The maximum Gasteiger partial charge on any atom is 0.0271 e. The Hall–Kier alpha value is -2.60. The Labute approximate surface area is 166 Å². The molecule has 0 N–H and O–H groups in total. The minimum atomic E-state index is 0.261. The van der Waals surface area contributed by atoms with E-state index in [2.05, 4.69) is 72.8 Å². The van der Waals surface area contributed by atoms with Gasteiger partial charge in [0.1, 0.15) is 0 Å². The Kier molecular flexibility index (Phi) is 2.88. The standard InChI is InChI=1S/C28H24/c1-3-8-20-16-26-22(12-18(20)6-1)14-24-10-5-11-25-15-23-13-19-7-2-4-9-21(19)17-27(23)28(24,25)26/h1-4,6-9,12-13,16-17,24-25H,5,10-11,14-15H2/t24-,25?,28?/m0/s1. The monoisotopic (exact) mass is 360 g/mol. The fourth-order valence-electron chi connectivity index (χ4n) is 7.16. The van der Waals surface area contributed by atoms with Crippen molar-refractivity contribution in [2.75, 3.05) is 0 Å². The van der Waals surface area contributed by atoms with Crippen LogP contribution in [0.1, 0.15) is 41.5 Å². The second-order valence-corrected chi connectivity index (χ2v) is 9.32. The van der Waals surface area contributed by atoms with Gasteiger partial charge in [0.05, 0.1) is 0 Å². The topological polar surface area (TPSA) is 0 Å². The normalized spacial score (nSPS) is 27.4. The van der Waals surface area contributed by atoms with E-state index in [1.807, 2.05) is 0 Å². The molecule has 1 fully saturated rings. The summed E-state index contributed by atoms with van der Waals surface area (Å²) in [5.74, 6) is 1.56. The van der Waals surface area contributed by atoms with Crippen molar-refractivity contribution in [1.29, 1.82) is 0 Å². The van der Waals surface area contributed by atoms with E-state index in [-0.39, 0.29) is 5.41 Å². The van der Waals surface area contributed by atoms with Gasteiger partial charge in [0, 0.05) is 5.41 Å². The molecular weight excluding hydrogens is 336 g/mol. The van der Waals surface area contributed by atoms with E-state index in [0.717, 1.165) is 11.8 Å². The predicted molar refractivity (Wildman–Crippen MR) is 117 cm³/mol. The van der Waals surface area contributed by atoms with E-state index in [1.54, 1.807) is 22.3 Å². The van der Waals surface area contributed by atoms with Gasteiger partial charge >= 0.3 is 0 Å². The molecule has 0 heteroatoms. The molecule has 4 aromatic rings. The summed E-state index contributed by atoms with van der Waals surface area (Å²) in [6, 6.07) is 28.0. The number of fused-ring (bicyclic) bond motifs is 4. The fourth-order valence-corrected chi connectivity index (χ4v) is 7.16. The van der Waals surface area contributed by atoms with Crippen molar-refractivity contribution in [3.05, 3.63) is 95.1 Å². The maximum atomic E-state index is 2.56. The van der Waals surface area contributed by atoms with Crippen LogP contribution in [0, 0.1) is 11.8 Å². The summed E-state index contributed by atoms with van der Waals surface area (Å²) in [4.78, 5) is 0. The largest absolute Gasteiger partial charge is 0.0616 e. The lowest BCUT2D eigenvalue weighted by atomic mass is 9.59. The maximum absolute atomic E-state index is 2.56. The molecule has 0 heterocycles. The van der Waals surface area contributed by atoms with E-state index >= 15 is 0 Å². The first-order valence-electron chi connectivity index (χ1n) is 10.9. The van der Waals surface area contributed by atoms with Crippen LogP contribution in [0.3, 0.4) is 0 Å². The quantitative estimate of drug-likeness (QED) is 0.323. The molecule has 3 aliphatic rings. The lowest BCUT2D eigenvalue weighted by Gasteiger charge is -2.43. The number of hydrogen-bond acceptors (Lipinski definition) is 0. The van der Waals surface area contributed by atoms with Crippen LogP contribution in [0.4, 0.5) is 0 Å². The van der Waals surface area contributed by atoms with Crippen LogP contribution in [0.2, 0.25) is 0 Å². The van der Waals surface area contributed by atoms with Crippen molar-refractivity contribution in [1.82, 2.24) is 0 Å². The summed E-state index contributed by atoms with van der Waals surface area (Å²) in [5, 5.41) is 5.64. The van der Waals surface area contributed by atoms with E-state index in [4.69, 9.17) is 0 Å². The van der Waals surface area contributed by atoms with Crippen molar-refractivity contribution in [2.45, 2.75) is 37.5 Å². The molecule has 1 saturated carbocycles. The highest BCUT2D eigenvalue weighted by atomic mass is 14.6. The van der Waals surface area contributed by atoms with Crippen molar-refractivity contribution >= 4 is 21.5 Å². The lowest BCUT2D eigenvalue weighted by Crippen LogP contribution is -2.41. The van der Waals surface area contributed by atoms with E-state index in [1.165, 1.54) is 53.6 Å². The highest BCUT2D eigenvalue weighted by Crippen LogP contribution is 2.63. The Morgan fingerprint density at radius 3 is 1.46 bits per heavy atom. The van der Waals surface area contributed by atoms with Gasteiger partial charge < -0.3 is 0 Å². The summed E-state index contributed by atoms with van der Waals surface area (Å²) in [5.41, 5.74) is 6.83. The predicted octanol–water partition coefficient (Wildman–Crippen LogP) is 6.81. The van der Waals surface area contributed by atoms with Gasteiger partial charge in [0.25, 0.3) is 0 Å². The number of hydrogen-bond donors (Lipinski definition) is 0. The molecule has 3 aliphatic carbocycles. The van der Waals surface area contributed by atoms with Gasteiger partial charge in [-0.05, 0) is 93.5 Å². The first-order valence-corrected chi connectivity index (χ1v) is 10.9. The molecule has 1 spiro atoms. The zero-order valence-electron chi connectivity index (χ0n) is 16.1. The first kappa shape index (κ1) is 15.3. The SMILES string of the molecule is c1ccc2cc3c(cc2c1)CC1CCC[C@H]2Cc4cc5ccccc5cc4C312. The fraction of sp³-hybridized carbons (Fsp3) is 0.286. The zero-order valence-corrected chi connectivity index (χ0v) is 16.1. The number of benzene rings is 4. The first-order chi connectivity index (χ1) is 13.8. The molecule has 4 aromatic carbocycles. The van der Waals surface area contributed by atoms with Gasteiger partial charge in [-0.3, -0.25) is 0 Å². The Bertz CT molecular complexity index is 1160. The van der Waals surface area contributed by atoms with Crippen molar-refractivity contribution in [3.8, 4) is 0 Å². The molecule has 0 nitrogen and oxygen atoms in total. The molecule has 0 aromatic heterocycles. The highest BCUT2D eigenvalue weighted by Gasteiger charge is 2.57. The minimum absolute atomic E-state index is 0.261. The summed E-state index contributed by atoms with van der Waals surface area (Å²) in [6.45, 7) is 0. The average Bonchev–Trinajstić information content (AvgIpc) is 3.23. The molecule has 0 radical (unpaired) electrons. The Morgan fingerprint density at radius 2 is 1.00 bits per heavy atom. The zero-order chi connectivity index (χ0) is 18.3. The van der Waals surface area contributed by atoms with Gasteiger partial charge in [-0.15, -0.1) is 0 Å². The van der Waals surface area contributed by atoms with Gasteiger partial charge in [0.2, 0.25) is 0 Å². The molecule has 0 bridgehead atoms. The summed E-state index contributed by atoms with van der Waals surface area (Å²) in [7, 11) is 0. The van der Waals surface area contributed by atoms with Crippen LogP contribution in [-0.2, 0) is 18.3 Å². The van der Waals surface area contributed by atoms with Crippen molar-refractivity contribution in [3.63, 3.8) is 0 Å². The van der Waals surface area contributed by atoms with Crippen LogP contribution in [0.25, 0.3) is 21.5 Å². The molecule has 136 valence electrons. The molecule has 0 saturated heterocycles. The lowest BCUT2D eigenvalue weighted by molar-refractivity contribution is 0.176. The van der Waals surface area contributed by atoms with Gasteiger partial charge in [-0.25, -0.2) is 0 Å². The van der Waals surface area contributed by atoms with Crippen LogP contribution in [0.5, 0.6) is 0 Å². The van der Waals surface area contributed by atoms with Crippen LogP contribution in [-0.4, -0.2) is 0 Å². The number of rotatable bonds is 0. The summed E-state index contributed by atoms with van der Waals surface area (Å²) >= 11 is 0. The third kappa shape index (κ3) is 1.77. The van der Waals surface area contributed by atoms with Crippen molar-refractivity contribution in [2.24, 2.45) is 11.8 Å². The molecule has 3 atom stereocenters. The van der Waals surface area contributed by atoms with Gasteiger partial charge in [-0.1, -0.05) is 67.1 Å². The second-order valence-electron chi connectivity index (χ2n) is 9.32. The molecular formula is C28H24. The Morgan fingerprint density at radius 1 is 0.571 bits per heavy atom. The van der Waals surface area contributed by atoms with E-state index in [9.17, 15) is 0 Å². The third-order valence-corrected chi connectivity index (χ3v) is 8.16. The van der Waals surface area contributed by atoms with Gasteiger partial charge in [0.15, 0.2) is 0 Å². The van der Waals surface area contributed by atoms with Crippen molar-refractivity contribution < 1.29 is 0 Å². The molecule has 0 amide bonds. The summed E-state index contributed by atoms with van der Waals surface area (Å²) in [6.07, 6.45) is 6.70. The average molecular weight is 360 g/mol. The molecule has 28 heavy (non-hydrogen) atoms. The molecule has 7 rings (SSSR count). The van der Waals surface area contributed by atoms with Crippen LogP contribution in [0.15, 0.2) is 72.8 Å². The summed E-state index contributed by atoms with van der Waals surface area (Å²) < 4.78 is 0. The van der Waals surface area contributed by atoms with Crippen LogP contribution >= 0.6 is 0 Å². The molecule has 2 unspecified atom stereocenters. The van der Waals surface area contributed by atoms with Crippen LogP contribution < -0.4 is 0 Å². The van der Waals surface area contributed by atoms with Gasteiger partial charge in [-0.2, -0.15) is 0 Å². The second kappa shape index (κ2) is 5.26. The minimum Gasteiger partial charge on any atom is -0.0616 e.